The summed E-state index contributed by atoms with van der Waals surface area (Å²) in [4.78, 5) is 15.0. The number of rotatable bonds is 5. The Morgan fingerprint density at radius 2 is 2.00 bits per heavy atom. The summed E-state index contributed by atoms with van der Waals surface area (Å²) in [5, 5.41) is 8.15. The highest BCUT2D eigenvalue weighted by Crippen LogP contribution is 2.24. The fourth-order valence-electron chi connectivity index (χ4n) is 3.58. The molecule has 0 saturated carbocycles. The molecule has 2 atom stereocenters. The lowest BCUT2D eigenvalue weighted by Gasteiger charge is -2.34. The maximum absolute atomic E-state index is 12.8. The molecule has 144 valence electrons. The zero-order chi connectivity index (χ0) is 18.7. The van der Waals surface area contributed by atoms with Gasteiger partial charge < -0.3 is 14.8 Å². The van der Waals surface area contributed by atoms with Crippen molar-refractivity contribution < 1.29 is 22.7 Å². The first-order chi connectivity index (χ1) is 12.4. The molecular formula is C17H25N3O5S. The van der Waals surface area contributed by atoms with Gasteiger partial charge in [-0.2, -0.15) is 0 Å². The number of nitrogens with one attached hydrogen (secondary N) is 1. The molecule has 2 saturated heterocycles. The molecule has 0 spiro atoms. The number of nitrogens with zero attached hydrogens (tertiary/aromatic N) is 1. The van der Waals surface area contributed by atoms with Crippen molar-refractivity contribution in [2.45, 2.75) is 36.2 Å². The summed E-state index contributed by atoms with van der Waals surface area (Å²) in [5.74, 6) is -0.104. The highest BCUT2D eigenvalue weighted by Gasteiger charge is 2.35. The van der Waals surface area contributed by atoms with Crippen molar-refractivity contribution >= 4 is 15.9 Å². The van der Waals surface area contributed by atoms with E-state index in [2.05, 4.69) is 10.2 Å². The smallest absolute Gasteiger partial charge is 0.255 e. The van der Waals surface area contributed by atoms with Gasteiger partial charge in [0, 0.05) is 0 Å². The Labute approximate surface area is 153 Å². The normalized spacial score (nSPS) is 24.4. The summed E-state index contributed by atoms with van der Waals surface area (Å²) in [6.45, 7) is 3.03. The highest BCUT2D eigenvalue weighted by molar-refractivity contribution is 7.89. The number of nitrogens with two attached hydrogens (primary N) is 1. The van der Waals surface area contributed by atoms with Crippen LogP contribution in [0.25, 0.3) is 0 Å². The van der Waals surface area contributed by atoms with Crippen LogP contribution in [0.3, 0.4) is 0 Å². The van der Waals surface area contributed by atoms with E-state index in [1.54, 1.807) is 0 Å². The third-order valence-corrected chi connectivity index (χ3v) is 5.88. The number of primary sulfonamides is 1. The standard InChI is InChI=1S/C17H25N3O5S/c1-24-16-6-5-12(26(18,22)23)9-13(16)17(21)19-14-10-25-11-15(14)20-7-3-2-4-8-20/h5-6,9,14-15H,2-4,7-8,10-11H2,1H3,(H,19,21)(H2,18,22,23)/t14-,15-/m1/s1. The summed E-state index contributed by atoms with van der Waals surface area (Å²) >= 11 is 0. The average Bonchev–Trinajstić information content (AvgIpc) is 3.09. The minimum absolute atomic E-state index is 0.126. The van der Waals surface area contributed by atoms with Gasteiger partial charge >= 0.3 is 0 Å². The van der Waals surface area contributed by atoms with E-state index in [1.165, 1.54) is 31.7 Å². The number of methoxy groups -OCH3 is 1. The molecule has 1 aromatic carbocycles. The first-order valence-electron chi connectivity index (χ1n) is 8.73. The van der Waals surface area contributed by atoms with Gasteiger partial charge in [0.05, 0.1) is 42.9 Å². The summed E-state index contributed by atoms with van der Waals surface area (Å²) in [5.41, 5.74) is 0.142. The van der Waals surface area contributed by atoms with Crippen LogP contribution >= 0.6 is 0 Å². The van der Waals surface area contributed by atoms with Crippen LogP contribution in [0.4, 0.5) is 0 Å². The SMILES string of the molecule is COc1ccc(S(N)(=O)=O)cc1C(=O)N[C@@H]1COC[C@H]1N1CCCCC1. The van der Waals surface area contributed by atoms with Crippen LogP contribution < -0.4 is 15.2 Å². The minimum atomic E-state index is -3.91. The van der Waals surface area contributed by atoms with Gasteiger partial charge in [-0.1, -0.05) is 6.42 Å². The number of sulfonamides is 1. The van der Waals surface area contributed by atoms with Crippen LogP contribution in [0.5, 0.6) is 5.75 Å². The second kappa shape index (κ2) is 7.91. The van der Waals surface area contributed by atoms with Crippen molar-refractivity contribution in [2.75, 3.05) is 33.4 Å². The average molecular weight is 383 g/mol. The number of likely N-dealkylation sites (tertiary alicyclic amines) is 1. The molecule has 0 aliphatic carbocycles. The monoisotopic (exact) mass is 383 g/mol. The molecule has 2 heterocycles. The maximum atomic E-state index is 12.8. The van der Waals surface area contributed by atoms with Gasteiger partial charge in [0.25, 0.3) is 5.91 Å². The molecule has 2 aliphatic rings. The molecule has 8 nitrogen and oxygen atoms in total. The molecule has 1 amide bonds. The van der Waals surface area contributed by atoms with E-state index >= 15 is 0 Å². The van der Waals surface area contributed by atoms with Gasteiger partial charge in [-0.3, -0.25) is 9.69 Å². The van der Waals surface area contributed by atoms with E-state index in [-0.39, 0.29) is 22.5 Å². The number of carbonyl (C=O) groups excluding carboxylic acids is 1. The van der Waals surface area contributed by atoms with Crippen LogP contribution in [-0.4, -0.2) is 64.7 Å². The van der Waals surface area contributed by atoms with Gasteiger partial charge in [-0.05, 0) is 44.1 Å². The van der Waals surface area contributed by atoms with E-state index in [9.17, 15) is 13.2 Å². The number of hydrogen-bond acceptors (Lipinski definition) is 6. The maximum Gasteiger partial charge on any atom is 0.255 e. The quantitative estimate of drug-likeness (QED) is 0.758. The predicted molar refractivity (Wildman–Crippen MR) is 95.7 cm³/mol. The molecule has 9 heteroatoms. The molecule has 2 fully saturated rings. The van der Waals surface area contributed by atoms with Gasteiger partial charge in [0.1, 0.15) is 5.75 Å². The Hall–Kier alpha value is -1.68. The van der Waals surface area contributed by atoms with Crippen molar-refractivity contribution in [2.24, 2.45) is 5.14 Å². The Balaban J connectivity index is 1.78. The minimum Gasteiger partial charge on any atom is -0.496 e. The predicted octanol–water partition coefficient (Wildman–Crippen LogP) is 0.326. The lowest BCUT2D eigenvalue weighted by atomic mass is 10.0. The van der Waals surface area contributed by atoms with Gasteiger partial charge in [-0.25, -0.2) is 13.6 Å². The van der Waals surface area contributed by atoms with E-state index in [4.69, 9.17) is 14.6 Å². The van der Waals surface area contributed by atoms with Gasteiger partial charge in [0.15, 0.2) is 0 Å². The number of carbonyl (C=O) groups is 1. The fraction of sp³-hybridized carbons (Fsp3) is 0.588. The Morgan fingerprint density at radius 3 is 2.65 bits per heavy atom. The van der Waals surface area contributed by atoms with Crippen LogP contribution in [0.15, 0.2) is 23.1 Å². The largest absolute Gasteiger partial charge is 0.496 e. The van der Waals surface area contributed by atoms with Crippen molar-refractivity contribution in [3.63, 3.8) is 0 Å². The molecule has 0 aromatic heterocycles. The van der Waals surface area contributed by atoms with Gasteiger partial charge in [-0.15, -0.1) is 0 Å². The van der Waals surface area contributed by atoms with Gasteiger partial charge in [0.2, 0.25) is 10.0 Å². The van der Waals surface area contributed by atoms with Crippen LogP contribution in [0.1, 0.15) is 29.6 Å². The number of amides is 1. The molecule has 1 aromatic rings. The first-order valence-corrected chi connectivity index (χ1v) is 10.3. The number of hydrogen-bond donors (Lipinski definition) is 2. The van der Waals surface area contributed by atoms with Crippen molar-refractivity contribution in [1.29, 1.82) is 0 Å². The van der Waals surface area contributed by atoms with Crippen LogP contribution in [-0.2, 0) is 14.8 Å². The zero-order valence-electron chi connectivity index (χ0n) is 14.8. The Kier molecular flexibility index (Phi) is 5.81. The molecule has 3 N–H and O–H groups in total. The number of piperidine rings is 1. The van der Waals surface area contributed by atoms with E-state index in [0.29, 0.717) is 19.0 Å². The molecule has 0 unspecified atom stereocenters. The second-order valence-electron chi connectivity index (χ2n) is 6.69. The molecule has 0 bridgehead atoms. The highest BCUT2D eigenvalue weighted by atomic mass is 32.2. The van der Waals surface area contributed by atoms with Crippen molar-refractivity contribution in [3.8, 4) is 5.75 Å². The molecule has 2 aliphatic heterocycles. The second-order valence-corrected chi connectivity index (χ2v) is 8.25. The van der Waals surface area contributed by atoms with Crippen molar-refractivity contribution in [1.82, 2.24) is 10.2 Å². The Bertz CT molecular complexity index is 762. The zero-order valence-corrected chi connectivity index (χ0v) is 15.6. The van der Waals surface area contributed by atoms with Crippen molar-refractivity contribution in [3.05, 3.63) is 23.8 Å². The summed E-state index contributed by atoms with van der Waals surface area (Å²) < 4.78 is 34.0. The molecular weight excluding hydrogens is 358 g/mol. The van der Waals surface area contributed by atoms with E-state index in [0.717, 1.165) is 25.9 Å². The summed E-state index contributed by atoms with van der Waals surface area (Å²) in [6, 6.07) is 3.98. The number of ether oxygens (including phenoxy) is 2. The fourth-order valence-corrected chi connectivity index (χ4v) is 4.12. The number of benzene rings is 1. The molecule has 26 heavy (non-hydrogen) atoms. The van der Waals surface area contributed by atoms with Crippen LogP contribution in [0, 0.1) is 0 Å². The third kappa shape index (κ3) is 4.17. The molecule has 3 rings (SSSR count). The summed E-state index contributed by atoms with van der Waals surface area (Å²) in [6.07, 6.45) is 3.54. The van der Waals surface area contributed by atoms with E-state index in [1.807, 2.05) is 0 Å². The topological polar surface area (TPSA) is 111 Å². The van der Waals surface area contributed by atoms with E-state index < -0.39 is 15.9 Å². The lowest BCUT2D eigenvalue weighted by molar-refractivity contribution is 0.0896. The Morgan fingerprint density at radius 1 is 1.27 bits per heavy atom. The third-order valence-electron chi connectivity index (χ3n) is 4.97. The molecule has 0 radical (unpaired) electrons. The van der Waals surface area contributed by atoms with Crippen LogP contribution in [0.2, 0.25) is 0 Å². The summed E-state index contributed by atoms with van der Waals surface area (Å²) in [7, 11) is -2.48. The lowest BCUT2D eigenvalue weighted by Crippen LogP contribution is -2.52. The first kappa shape index (κ1) is 19.1.